The standard InChI is InChI=1S/C16H18ClN5O2/c17-12-2-1-3-13(10-12)20-16(23)19-11-14-18-5-4-15(21-14)22-6-8-24-9-7-22/h1-5,10H,6-9,11H2,(H2,19,20,23). The van der Waals surface area contributed by atoms with Gasteiger partial charge in [0.15, 0.2) is 0 Å². The van der Waals surface area contributed by atoms with Crippen molar-refractivity contribution in [3.05, 3.63) is 47.4 Å². The summed E-state index contributed by atoms with van der Waals surface area (Å²) in [6.07, 6.45) is 1.70. The van der Waals surface area contributed by atoms with E-state index < -0.39 is 0 Å². The smallest absolute Gasteiger partial charge is 0.319 e. The molecule has 2 heterocycles. The predicted octanol–water partition coefficient (Wildman–Crippen LogP) is 2.29. The summed E-state index contributed by atoms with van der Waals surface area (Å²) in [5.41, 5.74) is 0.628. The van der Waals surface area contributed by atoms with Crippen LogP contribution in [0.4, 0.5) is 16.3 Å². The van der Waals surface area contributed by atoms with Gasteiger partial charge in [0.2, 0.25) is 0 Å². The van der Waals surface area contributed by atoms with Crippen LogP contribution in [0.1, 0.15) is 5.82 Å². The molecule has 24 heavy (non-hydrogen) atoms. The van der Waals surface area contributed by atoms with Crippen molar-refractivity contribution < 1.29 is 9.53 Å². The number of carbonyl (C=O) groups excluding carboxylic acids is 1. The molecule has 0 aliphatic carbocycles. The highest BCUT2D eigenvalue weighted by atomic mass is 35.5. The lowest BCUT2D eigenvalue weighted by molar-refractivity contribution is 0.122. The number of hydrogen-bond acceptors (Lipinski definition) is 5. The van der Waals surface area contributed by atoms with Gasteiger partial charge in [-0.1, -0.05) is 17.7 Å². The van der Waals surface area contributed by atoms with Crippen molar-refractivity contribution in [2.45, 2.75) is 6.54 Å². The van der Waals surface area contributed by atoms with Crippen molar-refractivity contribution in [2.75, 3.05) is 36.5 Å². The van der Waals surface area contributed by atoms with Gasteiger partial charge < -0.3 is 20.3 Å². The third-order valence-corrected chi connectivity index (χ3v) is 3.75. The number of rotatable bonds is 4. The highest BCUT2D eigenvalue weighted by Crippen LogP contribution is 2.15. The van der Waals surface area contributed by atoms with Gasteiger partial charge in [-0.05, 0) is 24.3 Å². The van der Waals surface area contributed by atoms with E-state index in [1.165, 1.54) is 0 Å². The average Bonchev–Trinajstić information content (AvgIpc) is 2.61. The number of hydrogen-bond donors (Lipinski definition) is 2. The first-order valence-corrected chi connectivity index (χ1v) is 8.03. The molecule has 3 rings (SSSR count). The van der Waals surface area contributed by atoms with Crippen molar-refractivity contribution in [1.82, 2.24) is 15.3 Å². The first-order valence-electron chi connectivity index (χ1n) is 7.66. The molecule has 0 unspecified atom stereocenters. The van der Waals surface area contributed by atoms with Gasteiger partial charge in [-0.3, -0.25) is 0 Å². The Kier molecular flexibility index (Phi) is 5.45. The molecule has 7 nitrogen and oxygen atoms in total. The SMILES string of the molecule is O=C(NCc1nccc(N2CCOCC2)n1)Nc1cccc(Cl)c1. The highest BCUT2D eigenvalue weighted by Gasteiger charge is 2.13. The first kappa shape index (κ1) is 16.5. The van der Waals surface area contributed by atoms with E-state index in [4.69, 9.17) is 16.3 Å². The van der Waals surface area contributed by atoms with Crippen LogP contribution in [0.25, 0.3) is 0 Å². The Labute approximate surface area is 145 Å². The lowest BCUT2D eigenvalue weighted by Crippen LogP contribution is -2.37. The molecule has 1 aliphatic heterocycles. The Balaban J connectivity index is 1.55. The summed E-state index contributed by atoms with van der Waals surface area (Å²) in [4.78, 5) is 22.8. The van der Waals surface area contributed by atoms with Gasteiger partial charge in [0.1, 0.15) is 11.6 Å². The molecule has 2 N–H and O–H groups in total. The van der Waals surface area contributed by atoms with E-state index in [0.717, 1.165) is 18.9 Å². The zero-order chi connectivity index (χ0) is 16.8. The molecular weight excluding hydrogens is 330 g/mol. The number of carbonyl (C=O) groups is 1. The molecule has 1 aromatic carbocycles. The number of nitrogens with zero attached hydrogens (tertiary/aromatic N) is 3. The summed E-state index contributed by atoms with van der Waals surface area (Å²) in [6, 6.07) is 8.48. The molecule has 0 radical (unpaired) electrons. The molecule has 126 valence electrons. The number of amides is 2. The molecule has 0 bridgehead atoms. The number of ether oxygens (including phenoxy) is 1. The van der Waals surface area contributed by atoms with Crippen LogP contribution >= 0.6 is 11.6 Å². The fourth-order valence-corrected chi connectivity index (χ4v) is 2.53. The van der Waals surface area contributed by atoms with Crippen molar-refractivity contribution in [3.63, 3.8) is 0 Å². The number of urea groups is 1. The largest absolute Gasteiger partial charge is 0.378 e. The Bertz CT molecular complexity index is 706. The number of benzene rings is 1. The zero-order valence-electron chi connectivity index (χ0n) is 13.0. The summed E-state index contributed by atoms with van der Waals surface area (Å²) in [5, 5.41) is 6.01. The molecule has 0 spiro atoms. The molecule has 1 fully saturated rings. The lowest BCUT2D eigenvalue weighted by Gasteiger charge is -2.27. The third kappa shape index (κ3) is 4.56. The van der Waals surface area contributed by atoms with E-state index >= 15 is 0 Å². The Morgan fingerprint density at radius 3 is 2.92 bits per heavy atom. The minimum atomic E-state index is -0.336. The third-order valence-electron chi connectivity index (χ3n) is 3.52. The number of aromatic nitrogens is 2. The van der Waals surface area contributed by atoms with Crippen molar-refractivity contribution >= 4 is 29.1 Å². The van der Waals surface area contributed by atoms with E-state index in [2.05, 4.69) is 25.5 Å². The molecular formula is C16H18ClN5O2. The molecule has 0 saturated carbocycles. The van der Waals surface area contributed by atoms with E-state index in [9.17, 15) is 4.79 Å². The number of halogens is 1. The topological polar surface area (TPSA) is 79.4 Å². The second-order valence-corrected chi connectivity index (χ2v) is 5.68. The summed E-state index contributed by atoms with van der Waals surface area (Å²) in [7, 11) is 0. The zero-order valence-corrected chi connectivity index (χ0v) is 13.8. The molecule has 1 aliphatic rings. The van der Waals surface area contributed by atoms with Gasteiger partial charge in [0.05, 0.1) is 19.8 Å². The fourth-order valence-electron chi connectivity index (χ4n) is 2.34. The predicted molar refractivity (Wildman–Crippen MR) is 92.4 cm³/mol. The van der Waals surface area contributed by atoms with Crippen LogP contribution in [-0.4, -0.2) is 42.3 Å². The van der Waals surface area contributed by atoms with E-state index in [0.29, 0.717) is 29.7 Å². The first-order chi connectivity index (χ1) is 11.7. The minimum absolute atomic E-state index is 0.241. The molecule has 0 atom stereocenters. The Morgan fingerprint density at radius 2 is 2.12 bits per heavy atom. The van der Waals surface area contributed by atoms with Crippen LogP contribution in [0.5, 0.6) is 0 Å². The van der Waals surface area contributed by atoms with Crippen molar-refractivity contribution in [3.8, 4) is 0 Å². The minimum Gasteiger partial charge on any atom is -0.378 e. The normalized spacial score (nSPS) is 14.3. The Morgan fingerprint density at radius 1 is 1.29 bits per heavy atom. The summed E-state index contributed by atoms with van der Waals surface area (Å²) >= 11 is 5.89. The molecule has 1 saturated heterocycles. The molecule has 8 heteroatoms. The second kappa shape index (κ2) is 7.94. The van der Waals surface area contributed by atoms with Crippen LogP contribution < -0.4 is 15.5 Å². The van der Waals surface area contributed by atoms with Gasteiger partial charge in [-0.25, -0.2) is 14.8 Å². The maximum atomic E-state index is 11.9. The van der Waals surface area contributed by atoms with Crippen LogP contribution in [-0.2, 0) is 11.3 Å². The monoisotopic (exact) mass is 347 g/mol. The van der Waals surface area contributed by atoms with Crippen LogP contribution in [0.2, 0.25) is 5.02 Å². The van der Waals surface area contributed by atoms with E-state index in [1.807, 2.05) is 6.07 Å². The number of morpholine rings is 1. The van der Waals surface area contributed by atoms with Crippen LogP contribution in [0.15, 0.2) is 36.5 Å². The van der Waals surface area contributed by atoms with Crippen LogP contribution in [0, 0.1) is 0 Å². The van der Waals surface area contributed by atoms with E-state index in [1.54, 1.807) is 30.5 Å². The summed E-state index contributed by atoms with van der Waals surface area (Å²) in [5.74, 6) is 1.40. The van der Waals surface area contributed by atoms with Gasteiger partial charge in [-0.15, -0.1) is 0 Å². The van der Waals surface area contributed by atoms with Gasteiger partial charge >= 0.3 is 6.03 Å². The quantitative estimate of drug-likeness (QED) is 0.887. The highest BCUT2D eigenvalue weighted by molar-refractivity contribution is 6.30. The number of nitrogens with one attached hydrogen (secondary N) is 2. The van der Waals surface area contributed by atoms with Crippen LogP contribution in [0.3, 0.4) is 0 Å². The van der Waals surface area contributed by atoms with Crippen molar-refractivity contribution in [1.29, 1.82) is 0 Å². The maximum Gasteiger partial charge on any atom is 0.319 e. The van der Waals surface area contributed by atoms with E-state index in [-0.39, 0.29) is 12.6 Å². The van der Waals surface area contributed by atoms with Gasteiger partial charge in [-0.2, -0.15) is 0 Å². The van der Waals surface area contributed by atoms with Gasteiger partial charge in [0.25, 0.3) is 0 Å². The number of anilines is 2. The maximum absolute atomic E-state index is 11.9. The molecule has 2 amide bonds. The van der Waals surface area contributed by atoms with Gasteiger partial charge in [0, 0.05) is 30.0 Å². The Hall–Kier alpha value is -2.38. The average molecular weight is 348 g/mol. The van der Waals surface area contributed by atoms with Crippen molar-refractivity contribution in [2.24, 2.45) is 0 Å². The fraction of sp³-hybridized carbons (Fsp3) is 0.312. The molecule has 1 aromatic heterocycles. The summed E-state index contributed by atoms with van der Waals surface area (Å²) < 4.78 is 5.34. The summed E-state index contributed by atoms with van der Waals surface area (Å²) in [6.45, 7) is 3.24. The lowest BCUT2D eigenvalue weighted by atomic mass is 10.3. The second-order valence-electron chi connectivity index (χ2n) is 5.25. The molecule has 2 aromatic rings.